The minimum Gasteiger partial charge on any atom is -0.459 e. The van der Waals surface area contributed by atoms with Crippen molar-refractivity contribution in [1.82, 2.24) is 4.90 Å². The molecule has 7 heteroatoms. The van der Waals surface area contributed by atoms with Crippen LogP contribution in [0, 0.1) is 6.92 Å². The van der Waals surface area contributed by atoms with Gasteiger partial charge in [0.15, 0.2) is 12.4 Å². The molecular weight excluding hydrogens is 372 g/mol. The largest absolute Gasteiger partial charge is 0.459 e. The molecule has 0 radical (unpaired) electrons. The highest BCUT2D eigenvalue weighted by molar-refractivity contribution is 6.03. The third-order valence-electron chi connectivity index (χ3n) is 5.21. The average molecular weight is 398 g/mol. The summed E-state index contributed by atoms with van der Waals surface area (Å²) in [4.78, 5) is 38.9. The summed E-state index contributed by atoms with van der Waals surface area (Å²) in [5, 5.41) is 2.72. The molecule has 0 aliphatic carbocycles. The van der Waals surface area contributed by atoms with Gasteiger partial charge in [0.2, 0.25) is 0 Å². The summed E-state index contributed by atoms with van der Waals surface area (Å²) in [6.07, 6.45) is 5.41. The van der Waals surface area contributed by atoms with E-state index < -0.39 is 11.9 Å². The Labute approximate surface area is 170 Å². The van der Waals surface area contributed by atoms with E-state index in [4.69, 9.17) is 9.15 Å². The van der Waals surface area contributed by atoms with Crippen LogP contribution >= 0.6 is 0 Å². The summed E-state index contributed by atoms with van der Waals surface area (Å²) in [7, 11) is 0. The first-order chi connectivity index (χ1) is 14.0. The number of hydrogen-bond donors (Lipinski definition) is 1. The van der Waals surface area contributed by atoms with E-state index in [9.17, 15) is 14.4 Å². The maximum Gasteiger partial charge on any atom is 0.338 e. The molecule has 1 N–H and O–H groups in total. The van der Waals surface area contributed by atoms with Crippen LogP contribution in [0.4, 0.5) is 5.69 Å². The zero-order valence-corrected chi connectivity index (χ0v) is 16.8. The molecule has 154 valence electrons. The van der Waals surface area contributed by atoms with Crippen molar-refractivity contribution in [3.8, 4) is 0 Å². The minimum atomic E-state index is -0.600. The monoisotopic (exact) mass is 398 g/mol. The van der Waals surface area contributed by atoms with Crippen LogP contribution in [0.1, 0.15) is 59.1 Å². The van der Waals surface area contributed by atoms with Gasteiger partial charge < -0.3 is 19.4 Å². The Morgan fingerprint density at radius 1 is 1.24 bits per heavy atom. The molecule has 0 bridgehead atoms. The van der Waals surface area contributed by atoms with Crippen LogP contribution < -0.4 is 5.32 Å². The standard InChI is InChI=1S/C22H26N2O5/c1-3-17-7-4-5-11-24(17)20(25)14-29-22(27)16-10-9-15(2)18(13-16)23-21(26)19-8-6-12-28-19/h6,8-10,12-13,17H,3-5,7,11,14H2,1-2H3,(H,23,26)/t17-/m0/s1. The topological polar surface area (TPSA) is 88.9 Å². The fourth-order valence-electron chi connectivity index (χ4n) is 3.52. The van der Waals surface area contributed by atoms with Crippen LogP contribution in [-0.2, 0) is 9.53 Å². The Morgan fingerprint density at radius 2 is 2.07 bits per heavy atom. The fourth-order valence-corrected chi connectivity index (χ4v) is 3.52. The number of aryl methyl sites for hydroxylation is 1. The van der Waals surface area contributed by atoms with Crippen LogP contribution in [0.2, 0.25) is 0 Å². The third-order valence-corrected chi connectivity index (χ3v) is 5.21. The van der Waals surface area contributed by atoms with E-state index in [-0.39, 0.29) is 29.9 Å². The van der Waals surface area contributed by atoms with E-state index in [1.54, 1.807) is 30.3 Å². The molecule has 7 nitrogen and oxygen atoms in total. The zero-order chi connectivity index (χ0) is 20.8. The number of hydrogen-bond acceptors (Lipinski definition) is 5. The first-order valence-electron chi connectivity index (χ1n) is 9.91. The summed E-state index contributed by atoms with van der Waals surface area (Å²) >= 11 is 0. The van der Waals surface area contributed by atoms with E-state index in [1.807, 2.05) is 11.8 Å². The Balaban J connectivity index is 1.62. The van der Waals surface area contributed by atoms with Gasteiger partial charge in [0.1, 0.15) is 0 Å². The van der Waals surface area contributed by atoms with Crippen molar-refractivity contribution >= 4 is 23.5 Å². The van der Waals surface area contributed by atoms with Gasteiger partial charge >= 0.3 is 5.97 Å². The molecule has 1 aliphatic rings. The van der Waals surface area contributed by atoms with Crippen LogP contribution in [0.15, 0.2) is 41.0 Å². The van der Waals surface area contributed by atoms with Crippen LogP contribution in [-0.4, -0.2) is 41.9 Å². The number of benzene rings is 1. The van der Waals surface area contributed by atoms with Crippen molar-refractivity contribution in [2.75, 3.05) is 18.5 Å². The smallest absolute Gasteiger partial charge is 0.338 e. The Morgan fingerprint density at radius 3 is 2.79 bits per heavy atom. The van der Waals surface area contributed by atoms with Crippen LogP contribution in [0.3, 0.4) is 0 Å². The van der Waals surface area contributed by atoms with E-state index in [0.717, 1.165) is 31.2 Å². The number of carbonyl (C=O) groups is 3. The first kappa shape index (κ1) is 20.6. The summed E-state index contributed by atoms with van der Waals surface area (Å²) in [5.41, 5.74) is 1.54. The SMILES string of the molecule is CC[C@H]1CCCCN1C(=O)COC(=O)c1ccc(C)c(NC(=O)c2ccco2)c1. The number of esters is 1. The van der Waals surface area contributed by atoms with Crippen molar-refractivity contribution in [3.05, 3.63) is 53.5 Å². The van der Waals surface area contributed by atoms with Gasteiger partial charge in [-0.3, -0.25) is 9.59 Å². The predicted octanol–water partition coefficient (Wildman–Crippen LogP) is 3.79. The molecule has 1 atom stereocenters. The summed E-state index contributed by atoms with van der Waals surface area (Å²) < 4.78 is 10.3. The molecule has 0 unspecified atom stereocenters. The molecular formula is C22H26N2O5. The average Bonchev–Trinajstić information content (AvgIpc) is 3.28. The maximum absolute atomic E-state index is 12.5. The molecule has 1 aliphatic heterocycles. The van der Waals surface area contributed by atoms with E-state index in [1.165, 1.54) is 6.26 Å². The third kappa shape index (κ3) is 5.04. The molecule has 1 aromatic carbocycles. The number of nitrogens with one attached hydrogen (secondary N) is 1. The number of nitrogens with zero attached hydrogens (tertiary/aromatic N) is 1. The fraction of sp³-hybridized carbons (Fsp3) is 0.409. The Hall–Kier alpha value is -3.09. The lowest BCUT2D eigenvalue weighted by Gasteiger charge is -2.35. The molecule has 1 aromatic heterocycles. The molecule has 1 fully saturated rings. The first-order valence-corrected chi connectivity index (χ1v) is 9.91. The molecule has 1 saturated heterocycles. The second-order valence-electron chi connectivity index (χ2n) is 7.18. The van der Waals surface area contributed by atoms with Crippen molar-refractivity contribution < 1.29 is 23.5 Å². The number of anilines is 1. The predicted molar refractivity (Wildman–Crippen MR) is 108 cm³/mol. The second-order valence-corrected chi connectivity index (χ2v) is 7.18. The second kappa shape index (κ2) is 9.41. The summed E-state index contributed by atoms with van der Waals surface area (Å²) in [6.45, 7) is 4.31. The molecule has 0 spiro atoms. The molecule has 2 aromatic rings. The minimum absolute atomic E-state index is 0.164. The lowest BCUT2D eigenvalue weighted by molar-refractivity contribution is -0.138. The van der Waals surface area contributed by atoms with Crippen molar-refractivity contribution in [2.45, 2.75) is 45.6 Å². The van der Waals surface area contributed by atoms with Crippen LogP contribution in [0.5, 0.6) is 0 Å². The number of carbonyl (C=O) groups excluding carboxylic acids is 3. The summed E-state index contributed by atoms with van der Waals surface area (Å²) in [5.74, 6) is -0.996. The van der Waals surface area contributed by atoms with Crippen molar-refractivity contribution in [2.24, 2.45) is 0 Å². The van der Waals surface area contributed by atoms with Gasteiger partial charge in [0.25, 0.3) is 11.8 Å². The molecule has 3 rings (SSSR count). The number of rotatable bonds is 6. The highest BCUT2D eigenvalue weighted by Crippen LogP contribution is 2.21. The lowest BCUT2D eigenvalue weighted by atomic mass is 10.00. The quantitative estimate of drug-likeness (QED) is 0.748. The Bertz CT molecular complexity index is 875. The zero-order valence-electron chi connectivity index (χ0n) is 16.8. The number of likely N-dealkylation sites (tertiary alicyclic amines) is 1. The normalized spacial score (nSPS) is 16.3. The van der Waals surface area contributed by atoms with Crippen LogP contribution in [0.25, 0.3) is 0 Å². The Kier molecular flexibility index (Phi) is 6.69. The number of piperidine rings is 1. The number of furan rings is 1. The van der Waals surface area contributed by atoms with E-state index in [2.05, 4.69) is 12.2 Å². The molecule has 2 heterocycles. The maximum atomic E-state index is 12.5. The van der Waals surface area contributed by atoms with Crippen molar-refractivity contribution in [1.29, 1.82) is 0 Å². The number of amides is 2. The number of ether oxygens (including phenoxy) is 1. The molecule has 0 saturated carbocycles. The lowest BCUT2D eigenvalue weighted by Crippen LogP contribution is -2.45. The van der Waals surface area contributed by atoms with Gasteiger partial charge in [-0.15, -0.1) is 0 Å². The highest BCUT2D eigenvalue weighted by Gasteiger charge is 2.26. The van der Waals surface area contributed by atoms with Gasteiger partial charge in [0.05, 0.1) is 11.8 Å². The van der Waals surface area contributed by atoms with Crippen molar-refractivity contribution in [3.63, 3.8) is 0 Å². The van der Waals surface area contributed by atoms with Gasteiger partial charge in [-0.1, -0.05) is 13.0 Å². The molecule has 29 heavy (non-hydrogen) atoms. The molecule has 2 amide bonds. The van der Waals surface area contributed by atoms with E-state index >= 15 is 0 Å². The van der Waals surface area contributed by atoms with Gasteiger partial charge in [-0.2, -0.15) is 0 Å². The highest BCUT2D eigenvalue weighted by atomic mass is 16.5. The van der Waals surface area contributed by atoms with Gasteiger partial charge in [-0.05, 0) is 62.4 Å². The summed E-state index contributed by atoms with van der Waals surface area (Å²) in [6, 6.07) is 8.27. The van der Waals surface area contributed by atoms with Gasteiger partial charge in [-0.25, -0.2) is 4.79 Å². The van der Waals surface area contributed by atoms with Gasteiger partial charge in [0, 0.05) is 18.3 Å². The van der Waals surface area contributed by atoms with E-state index in [0.29, 0.717) is 12.2 Å².